The summed E-state index contributed by atoms with van der Waals surface area (Å²) in [5.41, 5.74) is 2.58. The second-order valence-electron chi connectivity index (χ2n) is 12.2. The van der Waals surface area contributed by atoms with Crippen LogP contribution in [0.15, 0.2) is 24.3 Å². The molecule has 7 rings (SSSR count). The van der Waals surface area contributed by atoms with E-state index in [1.54, 1.807) is 0 Å². The molecule has 5 heteroatoms. The quantitative estimate of drug-likeness (QED) is 0.376. The summed E-state index contributed by atoms with van der Waals surface area (Å²) in [5, 5.41) is 24.1. The van der Waals surface area contributed by atoms with E-state index in [-0.39, 0.29) is 34.7 Å². The fourth-order valence-electron chi connectivity index (χ4n) is 10.2. The number of rotatable bonds is 9. The number of anilines is 1. The standard InChI is InChI=1S/C29H45N2O2.BrH/c1-4-6-7-8-9-10-13-16-31-23-17-20(19(5-2)28(31)33)25-24(31)18-29(27(25)32)21-14-11-12-15-22(21)30(3)26(23)29;/h11-12,14-15,19-20,23-28,32-33H,4-10,13,16-18H2,1-3H3;1H/q+1;/p-1/t19-,20+,23?,24-,25?,26-,27+,28+,29+,31?;/m0./s1. The lowest BCUT2D eigenvalue weighted by molar-refractivity contribution is -1.04. The van der Waals surface area contributed by atoms with Crippen molar-refractivity contribution < 1.29 is 31.7 Å². The molecule has 0 amide bonds. The summed E-state index contributed by atoms with van der Waals surface area (Å²) in [6, 6.07) is 10.1. The van der Waals surface area contributed by atoms with Crippen LogP contribution in [0.1, 0.15) is 83.6 Å². The molecule has 190 valence electrons. The molecule has 3 unspecified atom stereocenters. The Morgan fingerprint density at radius 1 is 1.00 bits per heavy atom. The van der Waals surface area contributed by atoms with Crippen LogP contribution in [0.2, 0.25) is 0 Å². The summed E-state index contributed by atoms with van der Waals surface area (Å²) < 4.78 is 0.899. The number of aliphatic hydroxyl groups is 2. The van der Waals surface area contributed by atoms with Crippen LogP contribution in [-0.4, -0.2) is 58.7 Å². The highest BCUT2D eigenvalue weighted by atomic mass is 79.9. The SMILES string of the molecule is CCCCCCCCC[N+]12C3C[C@@H](C4[C@@H](O)[C@]5(C[C@@H]41)c1ccccc1N(C)[C@@H]35)[C@H](CC)[C@H]2O.[Br-]. The first-order chi connectivity index (χ1) is 16.0. The highest BCUT2D eigenvalue weighted by Gasteiger charge is 2.82. The van der Waals surface area contributed by atoms with Gasteiger partial charge in [-0.3, -0.25) is 4.48 Å². The first kappa shape index (κ1) is 25.0. The molecule has 1 aliphatic carbocycles. The van der Waals surface area contributed by atoms with E-state index in [9.17, 15) is 10.2 Å². The van der Waals surface area contributed by atoms with Gasteiger partial charge in [-0.1, -0.05) is 64.2 Å². The van der Waals surface area contributed by atoms with Gasteiger partial charge in [0.1, 0.15) is 6.04 Å². The van der Waals surface area contributed by atoms with Crippen molar-refractivity contribution in [3.63, 3.8) is 0 Å². The van der Waals surface area contributed by atoms with E-state index < -0.39 is 0 Å². The smallest absolute Gasteiger partial charge is 0.194 e. The first-order valence-corrected chi connectivity index (χ1v) is 14.1. The second kappa shape index (κ2) is 9.04. The van der Waals surface area contributed by atoms with Crippen molar-refractivity contribution in [3.05, 3.63) is 29.8 Å². The van der Waals surface area contributed by atoms with E-state index in [0.29, 0.717) is 35.9 Å². The van der Waals surface area contributed by atoms with Crippen LogP contribution < -0.4 is 21.9 Å². The largest absolute Gasteiger partial charge is 1.00 e. The molecule has 4 saturated heterocycles. The molecule has 0 aromatic heterocycles. The highest BCUT2D eigenvalue weighted by molar-refractivity contribution is 5.66. The van der Waals surface area contributed by atoms with Crippen LogP contribution in [0.4, 0.5) is 5.69 Å². The number of quaternary nitrogens is 1. The number of para-hydroxylation sites is 1. The Bertz CT molecular complexity index is 897. The van der Waals surface area contributed by atoms with Gasteiger partial charge in [0.05, 0.1) is 30.1 Å². The summed E-state index contributed by atoms with van der Waals surface area (Å²) in [6.45, 7) is 5.65. The van der Waals surface area contributed by atoms with Crippen LogP contribution >= 0.6 is 0 Å². The minimum Gasteiger partial charge on any atom is -1.00 e. The van der Waals surface area contributed by atoms with Crippen molar-refractivity contribution in [2.45, 2.75) is 114 Å². The van der Waals surface area contributed by atoms with Crippen molar-refractivity contribution in [2.24, 2.45) is 17.8 Å². The normalized spacial score (nSPS) is 44.8. The summed E-state index contributed by atoms with van der Waals surface area (Å²) in [6.07, 6.45) is 12.0. The summed E-state index contributed by atoms with van der Waals surface area (Å²) in [4.78, 5) is 2.51. The number of benzene rings is 1. The van der Waals surface area contributed by atoms with Crippen molar-refractivity contribution >= 4 is 5.69 Å². The van der Waals surface area contributed by atoms with Crippen molar-refractivity contribution in [1.29, 1.82) is 0 Å². The van der Waals surface area contributed by atoms with E-state index in [1.807, 2.05) is 0 Å². The van der Waals surface area contributed by atoms with E-state index >= 15 is 0 Å². The molecular formula is C29H45BrN2O2. The Morgan fingerprint density at radius 3 is 2.44 bits per heavy atom. The molecular weight excluding hydrogens is 488 g/mol. The van der Waals surface area contributed by atoms with Crippen LogP contribution in [-0.2, 0) is 5.41 Å². The number of hydrogen-bond donors (Lipinski definition) is 2. The molecule has 34 heavy (non-hydrogen) atoms. The molecule has 1 saturated carbocycles. The molecule has 4 nitrogen and oxygen atoms in total. The maximum absolute atomic E-state index is 12.1. The molecule has 1 spiro atoms. The van der Waals surface area contributed by atoms with Gasteiger partial charge in [-0.25, -0.2) is 0 Å². The molecule has 5 aliphatic heterocycles. The Labute approximate surface area is 217 Å². The van der Waals surface area contributed by atoms with Gasteiger partial charge in [0.25, 0.3) is 0 Å². The maximum atomic E-state index is 12.1. The molecule has 0 radical (unpaired) electrons. The van der Waals surface area contributed by atoms with Crippen LogP contribution in [0.5, 0.6) is 0 Å². The zero-order valence-corrected chi connectivity index (χ0v) is 23.0. The number of hydrogen-bond acceptors (Lipinski definition) is 3. The van der Waals surface area contributed by atoms with E-state index in [2.05, 4.69) is 50.1 Å². The molecule has 1 aromatic rings. The number of piperidine rings is 4. The predicted octanol–water partition coefficient (Wildman–Crippen LogP) is 1.82. The lowest BCUT2D eigenvalue weighted by Gasteiger charge is -2.68. The number of nitrogens with zero attached hydrogens (tertiary/aromatic N) is 2. The van der Waals surface area contributed by atoms with Gasteiger partial charge in [0, 0.05) is 37.4 Å². The number of aliphatic hydroxyl groups excluding tert-OH is 2. The van der Waals surface area contributed by atoms with Gasteiger partial charge < -0.3 is 32.1 Å². The zero-order valence-electron chi connectivity index (χ0n) is 21.4. The Balaban J connectivity index is 0.00000241. The van der Waals surface area contributed by atoms with Crippen LogP contribution in [0.3, 0.4) is 0 Å². The number of unbranched alkanes of at least 4 members (excludes halogenated alkanes) is 6. The number of halogens is 1. The molecule has 5 heterocycles. The fraction of sp³-hybridized carbons (Fsp3) is 0.793. The fourth-order valence-corrected chi connectivity index (χ4v) is 10.2. The van der Waals surface area contributed by atoms with E-state index in [0.717, 1.165) is 23.9 Å². The molecule has 6 aliphatic rings. The molecule has 2 N–H and O–H groups in total. The summed E-state index contributed by atoms with van der Waals surface area (Å²) >= 11 is 0. The first-order valence-electron chi connectivity index (χ1n) is 14.1. The lowest BCUT2D eigenvalue weighted by atomic mass is 9.60. The summed E-state index contributed by atoms with van der Waals surface area (Å²) in [7, 11) is 2.26. The van der Waals surface area contributed by atoms with Gasteiger partial charge in [0.2, 0.25) is 0 Å². The second-order valence-corrected chi connectivity index (χ2v) is 12.2. The predicted molar refractivity (Wildman–Crippen MR) is 133 cm³/mol. The van der Waals surface area contributed by atoms with Crippen molar-refractivity contribution in [2.75, 3.05) is 18.5 Å². The summed E-state index contributed by atoms with van der Waals surface area (Å²) in [5.74, 6) is 1.18. The topological polar surface area (TPSA) is 43.7 Å². The highest BCUT2D eigenvalue weighted by Crippen LogP contribution is 2.71. The van der Waals surface area contributed by atoms with E-state index in [1.165, 1.54) is 62.6 Å². The molecule has 10 atom stereocenters. The maximum Gasteiger partial charge on any atom is 0.194 e. The Kier molecular flexibility index (Phi) is 6.66. The monoisotopic (exact) mass is 532 g/mol. The van der Waals surface area contributed by atoms with Crippen LogP contribution in [0, 0.1) is 17.8 Å². The van der Waals surface area contributed by atoms with Crippen molar-refractivity contribution in [1.82, 2.24) is 0 Å². The van der Waals surface area contributed by atoms with Gasteiger partial charge in [-0.05, 0) is 36.8 Å². The van der Waals surface area contributed by atoms with Gasteiger partial charge in [-0.15, -0.1) is 0 Å². The molecule has 5 bridgehead atoms. The van der Waals surface area contributed by atoms with Gasteiger partial charge in [0.15, 0.2) is 6.23 Å². The minimum atomic E-state index is -0.274. The zero-order chi connectivity index (χ0) is 23.0. The molecule has 5 fully saturated rings. The van der Waals surface area contributed by atoms with E-state index in [4.69, 9.17) is 0 Å². The molecule has 1 aromatic carbocycles. The van der Waals surface area contributed by atoms with Gasteiger partial charge in [-0.2, -0.15) is 0 Å². The number of likely N-dealkylation sites (N-methyl/N-ethyl adjacent to an activating group) is 1. The average Bonchev–Trinajstić information content (AvgIpc) is 3.21. The Morgan fingerprint density at radius 2 is 1.71 bits per heavy atom. The third kappa shape index (κ3) is 2.93. The van der Waals surface area contributed by atoms with Crippen molar-refractivity contribution in [3.8, 4) is 0 Å². The number of fused-ring (bicyclic) bond motifs is 2. The van der Waals surface area contributed by atoms with Gasteiger partial charge >= 0.3 is 0 Å². The third-order valence-electron chi connectivity index (χ3n) is 11.3. The average molecular weight is 534 g/mol. The third-order valence-corrected chi connectivity index (χ3v) is 11.3. The minimum absolute atomic E-state index is 0. The Hall–Kier alpha value is -0.620. The lowest BCUT2D eigenvalue weighted by Crippen LogP contribution is -3.00. The van der Waals surface area contributed by atoms with Crippen LogP contribution in [0.25, 0.3) is 0 Å².